The van der Waals surface area contributed by atoms with Gasteiger partial charge in [-0.05, 0) is 17.7 Å². The van der Waals surface area contributed by atoms with Gasteiger partial charge in [0.05, 0.1) is 7.11 Å². The molecule has 1 N–H and O–H groups in total. The van der Waals surface area contributed by atoms with Crippen molar-refractivity contribution in [3.63, 3.8) is 0 Å². The second-order valence-corrected chi connectivity index (χ2v) is 7.33. The smallest absolute Gasteiger partial charge is 0.301 e. The summed E-state index contributed by atoms with van der Waals surface area (Å²) in [5, 5.41) is 12.9. The number of halogens is 2. The third kappa shape index (κ3) is 2.83. The van der Waals surface area contributed by atoms with Crippen LogP contribution in [0, 0.1) is 11.6 Å². The van der Waals surface area contributed by atoms with Gasteiger partial charge in [0.25, 0.3) is 0 Å². The molecule has 2 aliphatic rings. The van der Waals surface area contributed by atoms with Gasteiger partial charge in [0, 0.05) is 23.4 Å². The van der Waals surface area contributed by atoms with Crippen molar-refractivity contribution in [1.29, 1.82) is 0 Å². The number of hydrogen-bond donors (Lipinski definition) is 1. The monoisotopic (exact) mass is 441 g/mol. The van der Waals surface area contributed by atoms with E-state index in [0.717, 1.165) is 17.2 Å². The first-order chi connectivity index (χ1) is 15.4. The van der Waals surface area contributed by atoms with Crippen LogP contribution in [0.2, 0.25) is 0 Å². The van der Waals surface area contributed by atoms with Crippen LogP contribution in [0.1, 0.15) is 33.2 Å². The van der Waals surface area contributed by atoms with Crippen molar-refractivity contribution in [3.8, 4) is 11.5 Å². The second kappa shape index (κ2) is 7.34. The largest absolute Gasteiger partial charge is 0.502 e. The van der Waals surface area contributed by atoms with Crippen molar-refractivity contribution in [2.75, 3.05) is 18.8 Å². The molecule has 10 heteroatoms. The first-order valence-electron chi connectivity index (χ1n) is 9.68. The van der Waals surface area contributed by atoms with Crippen LogP contribution in [0.4, 0.5) is 8.78 Å². The Morgan fingerprint density at radius 2 is 1.88 bits per heavy atom. The number of amides is 1. The molecule has 1 atom stereocenters. The number of pyridine rings is 1. The lowest BCUT2D eigenvalue weighted by molar-refractivity contribution is -0.105. The number of rotatable bonds is 2. The van der Waals surface area contributed by atoms with Crippen molar-refractivity contribution >= 4 is 5.91 Å². The molecular formula is C22H17F2N3O5. The molecule has 5 rings (SSSR count). The van der Waals surface area contributed by atoms with Crippen LogP contribution < -0.4 is 15.2 Å². The predicted molar refractivity (Wildman–Crippen MR) is 108 cm³/mol. The fourth-order valence-electron chi connectivity index (χ4n) is 4.15. The molecule has 164 valence electrons. The average molecular weight is 441 g/mol. The highest BCUT2D eigenvalue weighted by Gasteiger charge is 2.39. The Bertz CT molecular complexity index is 1310. The van der Waals surface area contributed by atoms with E-state index in [9.17, 15) is 23.5 Å². The molecule has 0 aliphatic carbocycles. The molecule has 3 aromatic rings. The molecule has 0 saturated carbocycles. The lowest BCUT2D eigenvalue weighted by atomic mass is 9.94. The average Bonchev–Trinajstić information content (AvgIpc) is 2.96. The molecular weight excluding hydrogens is 424 g/mol. The van der Waals surface area contributed by atoms with Crippen molar-refractivity contribution < 1.29 is 28.3 Å². The van der Waals surface area contributed by atoms with Gasteiger partial charge in [0.15, 0.2) is 23.1 Å². The van der Waals surface area contributed by atoms with Crippen LogP contribution >= 0.6 is 0 Å². The van der Waals surface area contributed by atoms with Crippen molar-refractivity contribution in [2.24, 2.45) is 0 Å². The summed E-state index contributed by atoms with van der Waals surface area (Å²) in [5.74, 6) is -3.05. The van der Waals surface area contributed by atoms with E-state index in [4.69, 9.17) is 9.57 Å². The fraction of sp³-hybridized carbons (Fsp3) is 0.182. The summed E-state index contributed by atoms with van der Waals surface area (Å²) in [5.41, 5.74) is 0.00655. The Morgan fingerprint density at radius 3 is 2.66 bits per heavy atom. The highest BCUT2D eigenvalue weighted by atomic mass is 19.2. The van der Waals surface area contributed by atoms with E-state index in [1.54, 1.807) is 29.3 Å². The minimum Gasteiger partial charge on any atom is -0.502 e. The highest BCUT2D eigenvalue weighted by Crippen LogP contribution is 2.41. The van der Waals surface area contributed by atoms with Gasteiger partial charge in [0.2, 0.25) is 5.43 Å². The normalized spacial score (nSPS) is 17.2. The zero-order valence-electron chi connectivity index (χ0n) is 16.8. The topological polar surface area (TPSA) is 84.2 Å². The number of nitrogens with zero attached hydrogens (tertiary/aromatic N) is 3. The Hall–Kier alpha value is -3.92. The SMILES string of the molecule is CON1CN([C@@H]2c3ccccc3OCc3c2ccc(F)c3F)n2ccc(=O)c(O)c2C1=O. The summed E-state index contributed by atoms with van der Waals surface area (Å²) in [6.07, 6.45) is 1.34. The molecule has 2 aromatic carbocycles. The number of aromatic nitrogens is 1. The van der Waals surface area contributed by atoms with Gasteiger partial charge in [-0.2, -0.15) is 5.06 Å². The van der Waals surface area contributed by atoms with Crippen LogP contribution in [0.25, 0.3) is 0 Å². The van der Waals surface area contributed by atoms with Gasteiger partial charge in [-0.25, -0.2) is 8.78 Å². The van der Waals surface area contributed by atoms with E-state index in [0.29, 0.717) is 16.9 Å². The zero-order chi connectivity index (χ0) is 22.6. The lowest BCUT2D eigenvalue weighted by Gasteiger charge is -2.42. The Balaban J connectivity index is 1.81. The molecule has 1 aromatic heterocycles. The lowest BCUT2D eigenvalue weighted by Crippen LogP contribution is -2.55. The third-order valence-corrected chi connectivity index (χ3v) is 5.66. The molecule has 0 fully saturated rings. The molecule has 0 radical (unpaired) electrons. The molecule has 8 nitrogen and oxygen atoms in total. The van der Waals surface area contributed by atoms with E-state index in [2.05, 4.69) is 0 Å². The van der Waals surface area contributed by atoms with Gasteiger partial charge in [-0.15, -0.1) is 0 Å². The maximum atomic E-state index is 14.8. The Kier molecular flexibility index (Phi) is 4.59. The first-order valence-corrected chi connectivity index (χ1v) is 9.68. The number of hydroxylamine groups is 2. The van der Waals surface area contributed by atoms with Crippen LogP contribution in [-0.4, -0.2) is 34.5 Å². The van der Waals surface area contributed by atoms with Crippen molar-refractivity contribution in [2.45, 2.75) is 12.6 Å². The van der Waals surface area contributed by atoms with Gasteiger partial charge in [-0.3, -0.25) is 24.1 Å². The number of ether oxygens (including phenoxy) is 1. The number of benzene rings is 2. The Morgan fingerprint density at radius 1 is 1.09 bits per heavy atom. The van der Waals surface area contributed by atoms with E-state index >= 15 is 0 Å². The maximum Gasteiger partial charge on any atom is 0.301 e. The molecule has 32 heavy (non-hydrogen) atoms. The number of fused-ring (bicyclic) bond motifs is 3. The minimum absolute atomic E-state index is 0.0267. The van der Waals surface area contributed by atoms with E-state index in [-0.39, 0.29) is 24.5 Å². The van der Waals surface area contributed by atoms with E-state index in [1.807, 2.05) is 0 Å². The number of para-hydroxylation sites is 1. The summed E-state index contributed by atoms with van der Waals surface area (Å²) in [7, 11) is 1.27. The number of hydrogen-bond acceptors (Lipinski definition) is 6. The number of aromatic hydroxyl groups is 1. The molecule has 0 unspecified atom stereocenters. The van der Waals surface area contributed by atoms with Crippen LogP contribution in [0.15, 0.2) is 53.5 Å². The second-order valence-electron chi connectivity index (χ2n) is 7.33. The molecule has 0 bridgehead atoms. The molecule has 2 aliphatic heterocycles. The Labute approximate surface area is 180 Å². The predicted octanol–water partition coefficient (Wildman–Crippen LogP) is 2.43. The number of carbonyl (C=O) groups is 1. The van der Waals surface area contributed by atoms with Crippen LogP contribution in [0.5, 0.6) is 11.5 Å². The summed E-state index contributed by atoms with van der Waals surface area (Å²) in [6.45, 7) is -0.336. The zero-order valence-corrected chi connectivity index (χ0v) is 16.8. The van der Waals surface area contributed by atoms with Gasteiger partial charge >= 0.3 is 5.91 Å². The summed E-state index contributed by atoms with van der Waals surface area (Å²) < 4.78 is 36.0. The summed E-state index contributed by atoms with van der Waals surface area (Å²) >= 11 is 0. The number of carbonyl (C=O) groups excluding carboxylic acids is 1. The van der Waals surface area contributed by atoms with Gasteiger partial charge in [0.1, 0.15) is 25.1 Å². The van der Waals surface area contributed by atoms with E-state index in [1.165, 1.54) is 24.0 Å². The third-order valence-electron chi connectivity index (χ3n) is 5.66. The standard InChI is InChI=1S/C22H17F2N3O5/c1-31-27-11-26(25-9-8-16(28)21(29)20(25)22(27)30)19-12-6-7-15(23)18(24)14(12)10-32-17-5-3-2-4-13(17)19/h2-9,19,29H,10-11H2,1H3/t19-/m0/s1. The van der Waals surface area contributed by atoms with Crippen LogP contribution in [-0.2, 0) is 11.4 Å². The summed E-state index contributed by atoms with van der Waals surface area (Å²) in [6, 6.07) is 9.83. The minimum atomic E-state index is -1.03. The van der Waals surface area contributed by atoms with Crippen molar-refractivity contribution in [1.82, 2.24) is 9.74 Å². The molecule has 0 saturated heterocycles. The molecule has 0 spiro atoms. The van der Waals surface area contributed by atoms with Gasteiger partial charge < -0.3 is 9.84 Å². The first kappa shape index (κ1) is 20.0. The molecule has 3 heterocycles. The fourth-order valence-corrected chi connectivity index (χ4v) is 4.15. The van der Waals surface area contributed by atoms with Crippen molar-refractivity contribution in [3.05, 3.63) is 92.9 Å². The van der Waals surface area contributed by atoms with Crippen LogP contribution in [0.3, 0.4) is 0 Å². The highest BCUT2D eigenvalue weighted by molar-refractivity contribution is 5.95. The maximum absolute atomic E-state index is 14.8. The van der Waals surface area contributed by atoms with E-state index < -0.39 is 34.8 Å². The summed E-state index contributed by atoms with van der Waals surface area (Å²) in [4.78, 5) is 30.0. The van der Waals surface area contributed by atoms with Gasteiger partial charge in [-0.1, -0.05) is 24.3 Å². The molecule has 1 amide bonds. The quantitative estimate of drug-likeness (QED) is 0.658.